The summed E-state index contributed by atoms with van der Waals surface area (Å²) in [5.74, 6) is 0.486. The Bertz CT molecular complexity index is 579. The first kappa shape index (κ1) is 9.78. The summed E-state index contributed by atoms with van der Waals surface area (Å²) in [7, 11) is 0. The number of carbonyl (C=O) groups is 1. The molecule has 0 aliphatic carbocycles. The molecule has 1 aromatic carbocycles. The minimum Gasteiger partial charge on any atom is -0.297 e. The van der Waals surface area contributed by atoms with E-state index in [9.17, 15) is 4.79 Å². The lowest BCUT2D eigenvalue weighted by atomic mass is 10.2. The van der Waals surface area contributed by atoms with E-state index >= 15 is 0 Å². The molecule has 0 fully saturated rings. The molecular weight excluding hydrogens is 212 g/mol. The second kappa shape index (κ2) is 3.87. The van der Waals surface area contributed by atoms with E-state index in [0.29, 0.717) is 11.5 Å². The molecule has 0 spiro atoms. The fourth-order valence-corrected chi connectivity index (χ4v) is 1.83. The summed E-state index contributed by atoms with van der Waals surface area (Å²) < 4.78 is 0. The predicted octanol–water partition coefficient (Wildman–Crippen LogP) is 2.35. The third kappa shape index (κ3) is 1.72. The van der Waals surface area contributed by atoms with Gasteiger partial charge >= 0.3 is 0 Å². The molecule has 3 heteroatoms. The molecule has 0 atom stereocenters. The van der Waals surface area contributed by atoms with Crippen molar-refractivity contribution in [3.05, 3.63) is 66.0 Å². The zero-order valence-corrected chi connectivity index (χ0v) is 9.08. The quantitative estimate of drug-likeness (QED) is 0.683. The number of rotatable bonds is 1. The van der Waals surface area contributed by atoms with Crippen LogP contribution in [-0.4, -0.2) is 16.6 Å². The van der Waals surface area contributed by atoms with E-state index in [-0.39, 0.29) is 5.91 Å². The summed E-state index contributed by atoms with van der Waals surface area (Å²) in [5, 5.41) is 0. The van der Waals surface area contributed by atoms with Crippen LogP contribution in [0.4, 0.5) is 0 Å². The maximum atomic E-state index is 11.8. The molecule has 82 valence electrons. The average molecular weight is 222 g/mol. The fraction of sp³-hybridized carbons (Fsp3) is 0. The standard InChI is InChI=1S/C14H10N2O/c17-14-12(10-11-6-2-1-3-7-11)16-9-5-4-8-13(16)15-14/h1-10H/b12-10-. The first-order valence-corrected chi connectivity index (χ1v) is 5.38. The van der Waals surface area contributed by atoms with Crippen molar-refractivity contribution in [2.24, 2.45) is 4.99 Å². The van der Waals surface area contributed by atoms with Crippen LogP contribution in [0.2, 0.25) is 0 Å². The van der Waals surface area contributed by atoms with E-state index in [1.165, 1.54) is 0 Å². The van der Waals surface area contributed by atoms with Gasteiger partial charge < -0.3 is 0 Å². The lowest BCUT2D eigenvalue weighted by molar-refractivity contribution is -0.114. The molecule has 2 aliphatic heterocycles. The zero-order valence-electron chi connectivity index (χ0n) is 9.08. The molecule has 3 rings (SSSR count). The molecule has 0 radical (unpaired) electrons. The van der Waals surface area contributed by atoms with Crippen molar-refractivity contribution in [2.75, 3.05) is 0 Å². The van der Waals surface area contributed by atoms with Gasteiger partial charge in [-0.2, -0.15) is 4.99 Å². The van der Waals surface area contributed by atoms with Gasteiger partial charge in [0.2, 0.25) is 0 Å². The van der Waals surface area contributed by atoms with Crippen molar-refractivity contribution in [1.29, 1.82) is 0 Å². The van der Waals surface area contributed by atoms with Crippen LogP contribution in [0, 0.1) is 0 Å². The lowest BCUT2D eigenvalue weighted by Gasteiger charge is -2.16. The number of carbonyl (C=O) groups excluding carboxylic acids is 1. The number of hydrogen-bond acceptors (Lipinski definition) is 2. The number of hydrogen-bond donors (Lipinski definition) is 0. The van der Waals surface area contributed by atoms with Crippen molar-refractivity contribution in [2.45, 2.75) is 0 Å². The zero-order chi connectivity index (χ0) is 11.7. The summed E-state index contributed by atoms with van der Waals surface area (Å²) >= 11 is 0. The Morgan fingerprint density at radius 3 is 2.76 bits per heavy atom. The van der Waals surface area contributed by atoms with Gasteiger partial charge in [-0.25, -0.2) is 0 Å². The average Bonchev–Trinajstić information content (AvgIpc) is 2.68. The van der Waals surface area contributed by atoms with Crippen LogP contribution in [0.25, 0.3) is 6.08 Å². The summed E-state index contributed by atoms with van der Waals surface area (Å²) in [6, 6.07) is 9.76. The van der Waals surface area contributed by atoms with E-state index < -0.39 is 0 Å². The lowest BCUT2D eigenvalue weighted by Crippen LogP contribution is -2.20. The number of benzene rings is 1. The molecule has 0 saturated carbocycles. The molecular formula is C14H10N2O. The minimum absolute atomic E-state index is 0.194. The van der Waals surface area contributed by atoms with Crippen LogP contribution in [0.1, 0.15) is 5.56 Å². The Morgan fingerprint density at radius 1 is 1.12 bits per heavy atom. The molecule has 2 aliphatic rings. The smallest absolute Gasteiger partial charge is 0.295 e. The molecule has 17 heavy (non-hydrogen) atoms. The van der Waals surface area contributed by atoms with Gasteiger partial charge in [-0.3, -0.25) is 9.69 Å². The number of aliphatic imine (C=N–C) groups is 1. The minimum atomic E-state index is -0.194. The highest BCUT2D eigenvalue weighted by Crippen LogP contribution is 2.22. The largest absolute Gasteiger partial charge is 0.297 e. The molecule has 0 unspecified atom stereocenters. The van der Waals surface area contributed by atoms with E-state index in [1.807, 2.05) is 60.8 Å². The Kier molecular flexibility index (Phi) is 2.22. The number of amidine groups is 1. The Morgan fingerprint density at radius 2 is 1.94 bits per heavy atom. The summed E-state index contributed by atoms with van der Waals surface area (Å²) in [5.41, 5.74) is 1.59. The van der Waals surface area contributed by atoms with Gasteiger partial charge in [0.15, 0.2) is 0 Å². The van der Waals surface area contributed by atoms with Gasteiger partial charge in [0.05, 0.1) is 0 Å². The third-order valence-corrected chi connectivity index (χ3v) is 2.64. The second-order valence-corrected chi connectivity index (χ2v) is 3.79. The van der Waals surface area contributed by atoms with E-state index in [2.05, 4.69) is 4.99 Å². The maximum absolute atomic E-state index is 11.8. The first-order chi connectivity index (χ1) is 8.34. The van der Waals surface area contributed by atoms with Crippen molar-refractivity contribution in [1.82, 2.24) is 4.90 Å². The van der Waals surface area contributed by atoms with Crippen molar-refractivity contribution in [3.63, 3.8) is 0 Å². The molecule has 1 aromatic rings. The monoisotopic (exact) mass is 222 g/mol. The second-order valence-electron chi connectivity index (χ2n) is 3.79. The Hall–Kier alpha value is -2.42. The van der Waals surface area contributed by atoms with Crippen molar-refractivity contribution >= 4 is 17.8 Å². The topological polar surface area (TPSA) is 32.7 Å². The molecule has 0 bridgehead atoms. The Balaban J connectivity index is 2.00. The van der Waals surface area contributed by atoms with Crippen molar-refractivity contribution in [3.8, 4) is 0 Å². The van der Waals surface area contributed by atoms with Crippen LogP contribution < -0.4 is 0 Å². The summed E-state index contributed by atoms with van der Waals surface area (Å²) in [6.07, 6.45) is 9.27. The summed E-state index contributed by atoms with van der Waals surface area (Å²) in [6.45, 7) is 0. The van der Waals surface area contributed by atoms with Crippen LogP contribution in [0.5, 0.6) is 0 Å². The highest BCUT2D eigenvalue weighted by atomic mass is 16.2. The van der Waals surface area contributed by atoms with Gasteiger partial charge in [0, 0.05) is 6.20 Å². The van der Waals surface area contributed by atoms with Crippen molar-refractivity contribution < 1.29 is 4.79 Å². The number of amides is 1. The van der Waals surface area contributed by atoms with Crippen LogP contribution in [-0.2, 0) is 4.79 Å². The van der Waals surface area contributed by atoms with Gasteiger partial charge in [-0.1, -0.05) is 36.4 Å². The summed E-state index contributed by atoms with van der Waals surface area (Å²) in [4.78, 5) is 17.6. The van der Waals surface area contributed by atoms with Gasteiger partial charge in [-0.05, 0) is 23.8 Å². The molecule has 0 N–H and O–H groups in total. The van der Waals surface area contributed by atoms with E-state index in [0.717, 1.165) is 5.56 Å². The number of allylic oxidation sites excluding steroid dienone is 2. The van der Waals surface area contributed by atoms with Gasteiger partial charge in [0.25, 0.3) is 5.91 Å². The van der Waals surface area contributed by atoms with Crippen LogP contribution in [0.3, 0.4) is 0 Å². The van der Waals surface area contributed by atoms with E-state index in [4.69, 9.17) is 0 Å². The van der Waals surface area contributed by atoms with Crippen LogP contribution >= 0.6 is 0 Å². The van der Waals surface area contributed by atoms with Gasteiger partial charge in [0.1, 0.15) is 11.5 Å². The van der Waals surface area contributed by atoms with Crippen LogP contribution in [0.15, 0.2) is 65.4 Å². The molecule has 1 amide bonds. The number of fused-ring (bicyclic) bond motifs is 1. The third-order valence-electron chi connectivity index (χ3n) is 2.64. The molecule has 0 saturated heterocycles. The van der Waals surface area contributed by atoms with E-state index in [1.54, 1.807) is 4.90 Å². The fourth-order valence-electron chi connectivity index (χ4n) is 1.83. The highest BCUT2D eigenvalue weighted by molar-refractivity contribution is 6.17. The molecule has 3 nitrogen and oxygen atoms in total. The predicted molar refractivity (Wildman–Crippen MR) is 67.0 cm³/mol. The SMILES string of the molecule is O=C1N=C2C=CC=CN2/C1=C\c1ccccc1. The normalized spacial score (nSPS) is 19.8. The first-order valence-electron chi connectivity index (χ1n) is 5.38. The highest BCUT2D eigenvalue weighted by Gasteiger charge is 2.27. The molecule has 0 aromatic heterocycles. The van der Waals surface area contributed by atoms with Gasteiger partial charge in [-0.15, -0.1) is 0 Å². The Labute approximate surface area is 99.1 Å². The number of nitrogens with zero attached hydrogens (tertiary/aromatic N) is 2. The molecule has 2 heterocycles. The maximum Gasteiger partial charge on any atom is 0.295 e.